The molecule has 0 saturated heterocycles. The minimum atomic E-state index is 1.13. The molecular weight excluding hydrogens is 1150 g/mol. The Balaban J connectivity index is 1.81. The third-order valence-corrected chi connectivity index (χ3v) is 21.8. The smallest absolute Gasteiger partial charge is 0.0408 e. The summed E-state index contributed by atoms with van der Waals surface area (Å²) < 4.78 is 0. The molecule has 0 aliphatic heterocycles. The van der Waals surface area contributed by atoms with Crippen LogP contribution in [0.25, 0.3) is 0 Å². The fourth-order valence-electron chi connectivity index (χ4n) is 15.3. The molecule has 4 rings (SSSR count). The normalized spacial score (nSPS) is 11.7. The Kier molecular flexibility index (Phi) is 54.1. The van der Waals surface area contributed by atoms with Crippen LogP contribution >= 0.6 is 0 Å². The second kappa shape index (κ2) is 61.2. The molecule has 1 aliphatic carbocycles. The summed E-state index contributed by atoms with van der Waals surface area (Å²) in [5, 5.41) is 0. The van der Waals surface area contributed by atoms with Crippen LogP contribution in [0, 0.1) is 35.5 Å². The summed E-state index contributed by atoms with van der Waals surface area (Å²) in [5.74, 6) is 23.6. The standard InChI is InChI=1S/C96H156/c1-7-13-19-25-31-37-43-49-55-61-67-85-79-91-73-74-93-81-87(69-63-57-51-45-39-33-27-21-15-9-3)89(71-65-59-53-47-41-35-29-23-17-11-5)83-95(93)77-78-96-84-90(72-66-60-54-48-42-36-30-24-18-12-6)88(70-64-58-52-46-40-34-28-22-16-10-4)82-94(96)76-75-92(91)80-86(85)68-62-56-50-44-38-32-26-20-14-8-2/h79-84H,7-72H2,1-6H3. The number of unbranched alkanes of at least 4 members (excludes halogenated alkanes) is 54. The molecule has 0 saturated carbocycles. The van der Waals surface area contributed by atoms with Crippen LogP contribution in [0.15, 0.2) is 36.4 Å². The molecule has 96 heavy (non-hydrogen) atoms. The highest BCUT2D eigenvalue weighted by atomic mass is 14.2. The predicted molar refractivity (Wildman–Crippen MR) is 431 cm³/mol. The van der Waals surface area contributed by atoms with Gasteiger partial charge in [0, 0.05) is 33.4 Å². The predicted octanol–water partition coefficient (Wildman–Crippen LogP) is 31.0. The van der Waals surface area contributed by atoms with Crippen LogP contribution in [-0.4, -0.2) is 0 Å². The first kappa shape index (κ1) is 84.8. The molecule has 0 radical (unpaired) electrons. The van der Waals surface area contributed by atoms with Gasteiger partial charge in [-0.2, -0.15) is 0 Å². The molecule has 0 nitrogen and oxygen atoms in total. The Labute approximate surface area is 600 Å². The molecule has 0 N–H and O–H groups in total. The molecule has 0 bridgehead atoms. The lowest BCUT2D eigenvalue weighted by atomic mass is 9.89. The molecule has 0 unspecified atom stereocenters. The Morgan fingerprint density at radius 1 is 0.135 bits per heavy atom. The lowest BCUT2D eigenvalue weighted by molar-refractivity contribution is 0.553. The summed E-state index contributed by atoms with van der Waals surface area (Å²) >= 11 is 0. The van der Waals surface area contributed by atoms with Gasteiger partial charge in [-0.25, -0.2) is 0 Å². The maximum Gasteiger partial charge on any atom is 0.0408 e. The average Bonchev–Trinajstić information content (AvgIpc) is 0.839. The van der Waals surface area contributed by atoms with Gasteiger partial charge in [-0.15, -0.1) is 0 Å². The SMILES string of the molecule is CCCCCCCCCCCCc1cc2c(cc1CCCCCCCCCCCC)C#Cc1cc(CCCCCCCCCCCC)c(CCCCCCCCCCCC)cc1C#Cc1cc(CCCCCCCCCCCC)c(CCCCCCCCCCCC)cc1C#C2. The van der Waals surface area contributed by atoms with Gasteiger partial charge < -0.3 is 0 Å². The highest BCUT2D eigenvalue weighted by molar-refractivity contribution is 5.64. The number of rotatable bonds is 66. The first-order valence-corrected chi connectivity index (χ1v) is 43.6. The van der Waals surface area contributed by atoms with E-state index in [1.165, 1.54) is 419 Å². The van der Waals surface area contributed by atoms with Crippen LogP contribution in [0.3, 0.4) is 0 Å². The van der Waals surface area contributed by atoms with Crippen LogP contribution in [0.4, 0.5) is 0 Å². The molecular formula is C96H156. The fourth-order valence-corrected chi connectivity index (χ4v) is 15.3. The zero-order valence-electron chi connectivity index (χ0n) is 65.1. The third-order valence-electron chi connectivity index (χ3n) is 21.8. The highest BCUT2D eigenvalue weighted by Crippen LogP contribution is 2.29. The quantitative estimate of drug-likeness (QED) is 0.0305. The summed E-state index contributed by atoms with van der Waals surface area (Å²) in [6.45, 7) is 14.0. The van der Waals surface area contributed by atoms with Crippen molar-refractivity contribution < 1.29 is 0 Å². The molecule has 0 atom stereocenters. The lowest BCUT2D eigenvalue weighted by Crippen LogP contribution is -2.02. The minimum absolute atomic E-state index is 1.13. The van der Waals surface area contributed by atoms with E-state index in [1.807, 2.05) is 0 Å². The molecule has 3 aromatic rings. The van der Waals surface area contributed by atoms with Crippen LogP contribution in [0.5, 0.6) is 0 Å². The van der Waals surface area contributed by atoms with Crippen molar-refractivity contribution >= 4 is 0 Å². The van der Waals surface area contributed by atoms with Crippen molar-refractivity contribution in [1.82, 2.24) is 0 Å². The lowest BCUT2D eigenvalue weighted by Gasteiger charge is -2.15. The van der Waals surface area contributed by atoms with Crippen molar-refractivity contribution in [3.63, 3.8) is 0 Å². The van der Waals surface area contributed by atoms with Gasteiger partial charge in [0.25, 0.3) is 0 Å². The van der Waals surface area contributed by atoms with Crippen molar-refractivity contribution in [2.45, 2.75) is 465 Å². The van der Waals surface area contributed by atoms with E-state index >= 15 is 0 Å². The van der Waals surface area contributed by atoms with Crippen LogP contribution < -0.4 is 0 Å². The molecule has 3 aromatic carbocycles. The van der Waals surface area contributed by atoms with Crippen molar-refractivity contribution in [3.8, 4) is 35.5 Å². The van der Waals surface area contributed by atoms with E-state index in [0.717, 1.165) is 71.9 Å². The first-order chi connectivity index (χ1) is 47.5. The van der Waals surface area contributed by atoms with Gasteiger partial charge in [-0.1, -0.05) is 424 Å². The van der Waals surface area contributed by atoms with E-state index in [2.05, 4.69) is 113 Å². The molecule has 540 valence electrons. The zero-order valence-corrected chi connectivity index (χ0v) is 65.1. The fraction of sp³-hybridized carbons (Fsp3) is 0.750. The molecule has 0 fully saturated rings. The summed E-state index contributed by atoms with van der Waals surface area (Å²) in [7, 11) is 0. The molecule has 0 aromatic heterocycles. The molecule has 0 heterocycles. The Morgan fingerprint density at radius 2 is 0.229 bits per heavy atom. The number of benzene rings is 3. The van der Waals surface area contributed by atoms with E-state index in [1.54, 1.807) is 0 Å². The minimum Gasteiger partial charge on any atom is -0.0654 e. The van der Waals surface area contributed by atoms with Crippen LogP contribution in [0.2, 0.25) is 0 Å². The first-order valence-electron chi connectivity index (χ1n) is 43.6. The van der Waals surface area contributed by atoms with E-state index in [-0.39, 0.29) is 0 Å². The van der Waals surface area contributed by atoms with Gasteiger partial charge in [0.2, 0.25) is 0 Å². The van der Waals surface area contributed by atoms with E-state index in [4.69, 9.17) is 0 Å². The maximum atomic E-state index is 3.93. The second-order valence-electron chi connectivity index (χ2n) is 30.8. The van der Waals surface area contributed by atoms with Crippen molar-refractivity contribution in [3.05, 3.63) is 103 Å². The topological polar surface area (TPSA) is 0 Å². The van der Waals surface area contributed by atoms with Crippen molar-refractivity contribution in [2.24, 2.45) is 0 Å². The summed E-state index contributed by atoms with van der Waals surface area (Å²) in [6, 6.07) is 15.3. The average molecular weight is 1310 g/mol. The largest absolute Gasteiger partial charge is 0.0654 e. The van der Waals surface area contributed by atoms with Gasteiger partial charge >= 0.3 is 0 Å². The van der Waals surface area contributed by atoms with Gasteiger partial charge in [0.15, 0.2) is 0 Å². The Bertz CT molecular complexity index is 2080. The Morgan fingerprint density at radius 3 is 0.333 bits per heavy atom. The summed E-state index contributed by atoms with van der Waals surface area (Å²) in [5.41, 5.74) is 16.0. The summed E-state index contributed by atoms with van der Waals surface area (Å²) in [6.07, 6.45) is 89.1. The molecule has 0 spiro atoms. The van der Waals surface area contributed by atoms with E-state index in [0.29, 0.717) is 0 Å². The molecule has 0 heteroatoms. The van der Waals surface area contributed by atoms with Crippen LogP contribution in [-0.2, 0) is 38.5 Å². The van der Waals surface area contributed by atoms with E-state index < -0.39 is 0 Å². The number of fused-ring (bicyclic) bond motifs is 3. The number of hydrogen-bond donors (Lipinski definition) is 0. The van der Waals surface area contributed by atoms with Crippen molar-refractivity contribution in [2.75, 3.05) is 0 Å². The molecule has 0 amide bonds. The summed E-state index contributed by atoms with van der Waals surface area (Å²) in [4.78, 5) is 0. The third kappa shape index (κ3) is 41.8. The molecule has 1 aliphatic rings. The Hall–Kier alpha value is -3.66. The van der Waals surface area contributed by atoms with Crippen molar-refractivity contribution in [1.29, 1.82) is 0 Å². The number of hydrogen-bond acceptors (Lipinski definition) is 0. The zero-order chi connectivity index (χ0) is 68.1. The maximum absolute atomic E-state index is 3.93. The number of aryl methyl sites for hydroxylation is 6. The van der Waals surface area contributed by atoms with Crippen LogP contribution in [0.1, 0.15) is 494 Å². The van der Waals surface area contributed by atoms with Gasteiger partial charge in [-0.05, 0) is 147 Å². The highest BCUT2D eigenvalue weighted by Gasteiger charge is 2.15. The van der Waals surface area contributed by atoms with Gasteiger partial charge in [0.1, 0.15) is 0 Å². The second-order valence-corrected chi connectivity index (χ2v) is 30.8. The van der Waals surface area contributed by atoms with Gasteiger partial charge in [-0.3, -0.25) is 0 Å². The monoisotopic (exact) mass is 1310 g/mol. The van der Waals surface area contributed by atoms with Gasteiger partial charge in [0.05, 0.1) is 0 Å². The van der Waals surface area contributed by atoms with E-state index in [9.17, 15) is 0 Å².